The fourth-order valence-corrected chi connectivity index (χ4v) is 3.98. The molecule has 1 aliphatic heterocycles. The molecule has 1 fully saturated rings. The number of aromatic nitrogens is 4. The SMILES string of the molecule is Cc1ccc(-c2cnn3ccc(N4CCC[C@@H]4c4cc(F)ccc4F)nc23)cn1. The van der Waals surface area contributed by atoms with Gasteiger partial charge in [0.05, 0.1) is 12.2 Å². The Kier molecular flexibility index (Phi) is 4.23. The highest BCUT2D eigenvalue weighted by Crippen LogP contribution is 2.37. The Morgan fingerprint density at radius 3 is 2.79 bits per heavy atom. The van der Waals surface area contributed by atoms with Crippen LogP contribution in [-0.4, -0.2) is 26.1 Å². The number of pyridine rings is 1. The van der Waals surface area contributed by atoms with Crippen molar-refractivity contribution >= 4 is 11.5 Å². The van der Waals surface area contributed by atoms with Gasteiger partial charge in [0.15, 0.2) is 5.65 Å². The monoisotopic (exact) mass is 391 g/mol. The van der Waals surface area contributed by atoms with Crippen LogP contribution in [0.15, 0.2) is 55.0 Å². The Morgan fingerprint density at radius 2 is 1.97 bits per heavy atom. The first kappa shape index (κ1) is 17.7. The van der Waals surface area contributed by atoms with Gasteiger partial charge in [-0.05, 0) is 50.1 Å². The second kappa shape index (κ2) is 6.92. The lowest BCUT2D eigenvalue weighted by atomic mass is 10.0. The van der Waals surface area contributed by atoms with Gasteiger partial charge in [0.2, 0.25) is 0 Å². The molecule has 29 heavy (non-hydrogen) atoms. The minimum absolute atomic E-state index is 0.243. The average Bonchev–Trinajstić information content (AvgIpc) is 3.37. The van der Waals surface area contributed by atoms with Crippen molar-refractivity contribution in [3.8, 4) is 11.1 Å². The van der Waals surface area contributed by atoms with Crippen LogP contribution in [0.3, 0.4) is 0 Å². The van der Waals surface area contributed by atoms with E-state index < -0.39 is 5.82 Å². The molecule has 0 spiro atoms. The van der Waals surface area contributed by atoms with Crippen LogP contribution >= 0.6 is 0 Å². The number of nitrogens with zero attached hydrogens (tertiary/aromatic N) is 5. The summed E-state index contributed by atoms with van der Waals surface area (Å²) in [5.41, 5.74) is 3.84. The van der Waals surface area contributed by atoms with Crippen molar-refractivity contribution in [3.05, 3.63) is 77.9 Å². The molecule has 1 aliphatic rings. The Bertz CT molecular complexity index is 1190. The first-order valence-electron chi connectivity index (χ1n) is 9.59. The molecule has 5 rings (SSSR count). The van der Waals surface area contributed by atoms with E-state index in [-0.39, 0.29) is 11.9 Å². The van der Waals surface area contributed by atoms with Crippen molar-refractivity contribution in [2.45, 2.75) is 25.8 Å². The summed E-state index contributed by atoms with van der Waals surface area (Å²) in [5, 5.41) is 4.39. The molecule has 1 atom stereocenters. The average molecular weight is 391 g/mol. The maximum absolute atomic E-state index is 14.4. The van der Waals surface area contributed by atoms with E-state index in [0.29, 0.717) is 11.2 Å². The number of hydrogen-bond donors (Lipinski definition) is 0. The van der Waals surface area contributed by atoms with E-state index in [4.69, 9.17) is 4.98 Å². The van der Waals surface area contributed by atoms with Gasteiger partial charge in [0, 0.05) is 41.3 Å². The highest BCUT2D eigenvalue weighted by molar-refractivity contribution is 5.77. The first-order valence-corrected chi connectivity index (χ1v) is 9.59. The molecule has 1 saturated heterocycles. The van der Waals surface area contributed by atoms with Crippen LogP contribution in [0.1, 0.15) is 30.1 Å². The lowest BCUT2D eigenvalue weighted by Crippen LogP contribution is -2.24. The molecule has 0 unspecified atom stereocenters. The van der Waals surface area contributed by atoms with Gasteiger partial charge < -0.3 is 4.90 Å². The molecule has 0 radical (unpaired) electrons. The van der Waals surface area contributed by atoms with E-state index in [1.54, 1.807) is 10.7 Å². The van der Waals surface area contributed by atoms with Gasteiger partial charge in [-0.25, -0.2) is 18.3 Å². The predicted molar refractivity (Wildman–Crippen MR) is 107 cm³/mol. The topological polar surface area (TPSA) is 46.3 Å². The fourth-order valence-electron chi connectivity index (χ4n) is 3.98. The molecule has 7 heteroatoms. The minimum atomic E-state index is -0.429. The molecule has 1 aromatic carbocycles. The lowest BCUT2D eigenvalue weighted by molar-refractivity contribution is 0.560. The molecule has 0 N–H and O–H groups in total. The number of hydrogen-bond acceptors (Lipinski definition) is 4. The van der Waals surface area contributed by atoms with Crippen LogP contribution in [0.25, 0.3) is 16.8 Å². The summed E-state index contributed by atoms with van der Waals surface area (Å²) in [6, 6.07) is 9.20. The molecule has 4 aromatic rings. The quantitative estimate of drug-likeness (QED) is 0.507. The van der Waals surface area contributed by atoms with Crippen LogP contribution in [0.4, 0.5) is 14.6 Å². The highest BCUT2D eigenvalue weighted by Gasteiger charge is 2.30. The maximum atomic E-state index is 14.4. The molecule has 3 aromatic heterocycles. The lowest BCUT2D eigenvalue weighted by Gasteiger charge is -2.26. The van der Waals surface area contributed by atoms with Crippen molar-refractivity contribution in [2.75, 3.05) is 11.4 Å². The summed E-state index contributed by atoms with van der Waals surface area (Å²) in [5.74, 6) is -0.0905. The number of benzene rings is 1. The Hall–Kier alpha value is -3.35. The third-order valence-corrected chi connectivity index (χ3v) is 5.44. The van der Waals surface area contributed by atoms with Gasteiger partial charge in [0.1, 0.15) is 17.5 Å². The zero-order valence-electron chi connectivity index (χ0n) is 15.9. The Balaban J connectivity index is 1.57. The third kappa shape index (κ3) is 3.12. The maximum Gasteiger partial charge on any atom is 0.165 e. The number of fused-ring (bicyclic) bond motifs is 1. The van der Waals surface area contributed by atoms with Crippen LogP contribution in [0.5, 0.6) is 0 Å². The number of rotatable bonds is 3. The van der Waals surface area contributed by atoms with Crippen molar-refractivity contribution in [3.63, 3.8) is 0 Å². The normalized spacial score (nSPS) is 16.7. The van der Waals surface area contributed by atoms with Crippen LogP contribution in [-0.2, 0) is 0 Å². The molecular formula is C22H19F2N5. The van der Waals surface area contributed by atoms with Crippen LogP contribution < -0.4 is 4.90 Å². The van der Waals surface area contributed by atoms with Crippen LogP contribution in [0, 0.1) is 18.6 Å². The Labute approximate surface area is 166 Å². The van der Waals surface area contributed by atoms with Gasteiger partial charge in [-0.1, -0.05) is 6.07 Å². The Morgan fingerprint density at radius 1 is 1.07 bits per heavy atom. The highest BCUT2D eigenvalue weighted by atomic mass is 19.1. The molecule has 0 amide bonds. The van der Waals surface area contributed by atoms with Gasteiger partial charge in [-0.15, -0.1) is 0 Å². The standard InChI is InChI=1S/C22H19F2N5/c1-14-4-5-15(12-25-14)18-13-26-29-10-8-21(27-22(18)29)28-9-2-3-20(28)17-11-16(23)6-7-19(17)24/h4-8,10-13,20H,2-3,9H2,1H3/t20-/m1/s1. The fraction of sp³-hybridized carbons (Fsp3) is 0.227. The summed E-state index contributed by atoms with van der Waals surface area (Å²) in [6.07, 6.45) is 7.07. The molecule has 4 heterocycles. The molecular weight excluding hydrogens is 372 g/mol. The smallest absolute Gasteiger partial charge is 0.165 e. The molecule has 5 nitrogen and oxygen atoms in total. The molecule has 0 bridgehead atoms. The second-order valence-corrected chi connectivity index (χ2v) is 7.32. The van der Waals surface area contributed by atoms with Crippen LogP contribution in [0.2, 0.25) is 0 Å². The number of aryl methyl sites for hydroxylation is 1. The number of anilines is 1. The second-order valence-electron chi connectivity index (χ2n) is 7.32. The summed E-state index contributed by atoms with van der Waals surface area (Å²) < 4.78 is 29.9. The predicted octanol–water partition coefficient (Wildman–Crippen LogP) is 4.72. The van der Waals surface area contributed by atoms with Gasteiger partial charge in [0.25, 0.3) is 0 Å². The van der Waals surface area contributed by atoms with Gasteiger partial charge >= 0.3 is 0 Å². The first-order chi connectivity index (χ1) is 14.1. The molecule has 146 valence electrons. The van der Waals surface area contributed by atoms with E-state index in [0.717, 1.165) is 48.1 Å². The van der Waals surface area contributed by atoms with E-state index in [2.05, 4.69) is 10.1 Å². The molecule has 0 aliphatic carbocycles. The van der Waals surface area contributed by atoms with Gasteiger partial charge in [-0.2, -0.15) is 5.10 Å². The zero-order chi connectivity index (χ0) is 20.0. The summed E-state index contributed by atoms with van der Waals surface area (Å²) in [7, 11) is 0. The van der Waals surface area contributed by atoms with Gasteiger partial charge in [-0.3, -0.25) is 4.98 Å². The zero-order valence-corrected chi connectivity index (χ0v) is 15.9. The van der Waals surface area contributed by atoms with E-state index in [1.807, 2.05) is 42.4 Å². The largest absolute Gasteiger partial charge is 0.349 e. The van der Waals surface area contributed by atoms with E-state index in [1.165, 1.54) is 12.1 Å². The van der Waals surface area contributed by atoms with Crippen molar-refractivity contribution in [1.29, 1.82) is 0 Å². The van der Waals surface area contributed by atoms with E-state index in [9.17, 15) is 8.78 Å². The summed E-state index contributed by atoms with van der Waals surface area (Å²) in [6.45, 7) is 2.68. The number of halogens is 2. The van der Waals surface area contributed by atoms with Crippen molar-refractivity contribution < 1.29 is 8.78 Å². The third-order valence-electron chi connectivity index (χ3n) is 5.44. The summed E-state index contributed by atoms with van der Waals surface area (Å²) >= 11 is 0. The van der Waals surface area contributed by atoms with Crippen molar-refractivity contribution in [2.24, 2.45) is 0 Å². The van der Waals surface area contributed by atoms with E-state index >= 15 is 0 Å². The summed E-state index contributed by atoms with van der Waals surface area (Å²) in [4.78, 5) is 11.2. The minimum Gasteiger partial charge on any atom is -0.349 e. The molecule has 0 saturated carbocycles. The van der Waals surface area contributed by atoms with Crippen molar-refractivity contribution in [1.82, 2.24) is 19.6 Å².